The Morgan fingerprint density at radius 3 is 2.81 bits per heavy atom. The van der Waals surface area contributed by atoms with E-state index in [1.165, 1.54) is 11.3 Å². The van der Waals surface area contributed by atoms with Crippen molar-refractivity contribution in [3.63, 3.8) is 0 Å². The first-order chi connectivity index (χ1) is 7.61. The molecule has 0 unspecified atom stereocenters. The number of amides is 1. The van der Waals surface area contributed by atoms with Crippen molar-refractivity contribution in [1.29, 1.82) is 0 Å². The molecule has 0 saturated carbocycles. The van der Waals surface area contributed by atoms with Gasteiger partial charge in [0.25, 0.3) is 0 Å². The van der Waals surface area contributed by atoms with Gasteiger partial charge in [-0.3, -0.25) is 4.79 Å². The first kappa shape index (κ1) is 13.1. The van der Waals surface area contributed by atoms with Gasteiger partial charge in [-0.15, -0.1) is 10.2 Å². The summed E-state index contributed by atoms with van der Waals surface area (Å²) in [6, 6.07) is 0. The third kappa shape index (κ3) is 4.70. The summed E-state index contributed by atoms with van der Waals surface area (Å²) in [7, 11) is 0. The number of carbonyl (C=O) groups is 1. The molecule has 0 aliphatic carbocycles. The Bertz CT molecular complexity index is 336. The number of hydrogen-bond donors (Lipinski definition) is 1. The second-order valence-corrected chi connectivity index (χ2v) is 5.29. The highest BCUT2D eigenvalue weighted by Gasteiger charge is 2.08. The van der Waals surface area contributed by atoms with E-state index in [1.54, 1.807) is 0 Å². The summed E-state index contributed by atoms with van der Waals surface area (Å²) in [6.45, 7) is 6.32. The lowest BCUT2D eigenvalue weighted by Crippen LogP contribution is -2.11. The Balaban J connectivity index is 2.37. The predicted octanol–water partition coefficient (Wildman–Crippen LogP) is 2.87. The van der Waals surface area contributed by atoms with Gasteiger partial charge in [0.1, 0.15) is 5.01 Å². The second kappa shape index (κ2) is 6.58. The predicted molar refractivity (Wildman–Crippen MR) is 66.6 cm³/mol. The molecule has 16 heavy (non-hydrogen) atoms. The molecule has 0 bridgehead atoms. The molecule has 0 spiro atoms. The van der Waals surface area contributed by atoms with E-state index < -0.39 is 0 Å². The number of hydrogen-bond acceptors (Lipinski definition) is 4. The fourth-order valence-corrected chi connectivity index (χ4v) is 2.08. The van der Waals surface area contributed by atoms with E-state index in [1.807, 2.05) is 0 Å². The lowest BCUT2D eigenvalue weighted by Gasteiger charge is -2.03. The number of aryl methyl sites for hydroxylation is 1. The van der Waals surface area contributed by atoms with Crippen molar-refractivity contribution in [2.45, 2.75) is 46.5 Å². The van der Waals surface area contributed by atoms with Gasteiger partial charge in [-0.1, -0.05) is 32.1 Å². The topological polar surface area (TPSA) is 54.9 Å². The minimum absolute atomic E-state index is 0.0351. The zero-order valence-corrected chi connectivity index (χ0v) is 10.9. The molecule has 5 heteroatoms. The van der Waals surface area contributed by atoms with E-state index in [9.17, 15) is 4.79 Å². The molecule has 0 fully saturated rings. The van der Waals surface area contributed by atoms with Crippen LogP contribution >= 0.6 is 11.3 Å². The Hall–Kier alpha value is -0.970. The molecule has 1 N–H and O–H groups in total. The average Bonchev–Trinajstić information content (AvgIpc) is 2.63. The molecule has 1 rings (SSSR count). The molecule has 0 saturated heterocycles. The summed E-state index contributed by atoms with van der Waals surface area (Å²) in [5, 5.41) is 12.3. The monoisotopic (exact) mass is 241 g/mol. The molecule has 0 radical (unpaired) electrons. The van der Waals surface area contributed by atoms with Crippen LogP contribution in [-0.2, 0) is 11.2 Å². The Morgan fingerprint density at radius 2 is 2.19 bits per heavy atom. The normalized spacial score (nSPS) is 10.8. The van der Waals surface area contributed by atoms with E-state index in [2.05, 4.69) is 36.3 Å². The number of nitrogens with zero attached hydrogens (tertiary/aromatic N) is 2. The zero-order chi connectivity index (χ0) is 12.0. The third-order valence-corrected chi connectivity index (χ3v) is 3.02. The van der Waals surface area contributed by atoms with Gasteiger partial charge in [0.2, 0.25) is 11.0 Å². The zero-order valence-electron chi connectivity index (χ0n) is 10.1. The van der Waals surface area contributed by atoms with Crippen LogP contribution in [0.3, 0.4) is 0 Å². The van der Waals surface area contributed by atoms with Crippen molar-refractivity contribution in [2.75, 3.05) is 5.32 Å². The van der Waals surface area contributed by atoms with Crippen LogP contribution < -0.4 is 5.32 Å². The lowest BCUT2D eigenvalue weighted by atomic mass is 10.1. The van der Waals surface area contributed by atoms with Crippen LogP contribution in [0.4, 0.5) is 5.13 Å². The van der Waals surface area contributed by atoms with Crippen LogP contribution in [-0.4, -0.2) is 16.1 Å². The summed E-state index contributed by atoms with van der Waals surface area (Å²) in [5.74, 6) is 0.587. The van der Waals surface area contributed by atoms with Gasteiger partial charge < -0.3 is 5.32 Å². The first-order valence-corrected chi connectivity index (χ1v) is 6.55. The van der Waals surface area contributed by atoms with Crippen LogP contribution in [0.25, 0.3) is 0 Å². The maximum absolute atomic E-state index is 11.5. The highest BCUT2D eigenvalue weighted by molar-refractivity contribution is 7.15. The van der Waals surface area contributed by atoms with Crippen molar-refractivity contribution >= 4 is 22.4 Å². The molecule has 0 aliphatic rings. The molecular formula is C11H19N3OS. The SMILES string of the molecule is CCCc1nnc(NC(=O)CCC(C)C)s1. The van der Waals surface area contributed by atoms with Crippen molar-refractivity contribution in [1.82, 2.24) is 10.2 Å². The summed E-state index contributed by atoms with van der Waals surface area (Å²) in [4.78, 5) is 11.5. The van der Waals surface area contributed by atoms with Crippen LogP contribution in [0, 0.1) is 5.92 Å². The van der Waals surface area contributed by atoms with Crippen LogP contribution in [0.15, 0.2) is 0 Å². The van der Waals surface area contributed by atoms with Gasteiger partial charge in [0.05, 0.1) is 0 Å². The largest absolute Gasteiger partial charge is 0.301 e. The summed E-state index contributed by atoms with van der Waals surface area (Å²) in [6.07, 6.45) is 3.45. The summed E-state index contributed by atoms with van der Waals surface area (Å²) in [5.41, 5.74) is 0. The number of nitrogens with one attached hydrogen (secondary N) is 1. The smallest absolute Gasteiger partial charge is 0.226 e. The molecule has 4 nitrogen and oxygen atoms in total. The second-order valence-electron chi connectivity index (χ2n) is 4.23. The third-order valence-electron chi connectivity index (χ3n) is 2.13. The number of aromatic nitrogens is 2. The highest BCUT2D eigenvalue weighted by atomic mass is 32.1. The van der Waals surface area contributed by atoms with Crippen LogP contribution in [0.2, 0.25) is 0 Å². The van der Waals surface area contributed by atoms with Gasteiger partial charge in [0.15, 0.2) is 0 Å². The molecule has 1 amide bonds. The number of rotatable bonds is 6. The highest BCUT2D eigenvalue weighted by Crippen LogP contribution is 2.17. The van der Waals surface area contributed by atoms with E-state index >= 15 is 0 Å². The van der Waals surface area contributed by atoms with Gasteiger partial charge in [0, 0.05) is 12.8 Å². The minimum Gasteiger partial charge on any atom is -0.301 e. The first-order valence-electron chi connectivity index (χ1n) is 5.74. The van der Waals surface area contributed by atoms with Gasteiger partial charge in [-0.2, -0.15) is 0 Å². The lowest BCUT2D eigenvalue weighted by molar-refractivity contribution is -0.116. The maximum Gasteiger partial charge on any atom is 0.226 e. The van der Waals surface area contributed by atoms with E-state index in [4.69, 9.17) is 0 Å². The number of carbonyl (C=O) groups excluding carboxylic acids is 1. The van der Waals surface area contributed by atoms with Gasteiger partial charge >= 0.3 is 0 Å². The van der Waals surface area contributed by atoms with Gasteiger partial charge in [-0.25, -0.2) is 0 Å². The van der Waals surface area contributed by atoms with Crippen molar-refractivity contribution in [3.05, 3.63) is 5.01 Å². The van der Waals surface area contributed by atoms with E-state index in [0.717, 1.165) is 24.3 Å². The van der Waals surface area contributed by atoms with Crippen molar-refractivity contribution in [2.24, 2.45) is 5.92 Å². The summed E-state index contributed by atoms with van der Waals surface area (Å²) >= 11 is 1.47. The molecule has 90 valence electrons. The molecular weight excluding hydrogens is 222 g/mol. The van der Waals surface area contributed by atoms with E-state index in [-0.39, 0.29) is 5.91 Å². The van der Waals surface area contributed by atoms with Crippen LogP contribution in [0.1, 0.15) is 45.0 Å². The fourth-order valence-electron chi connectivity index (χ4n) is 1.22. The summed E-state index contributed by atoms with van der Waals surface area (Å²) < 4.78 is 0. The maximum atomic E-state index is 11.5. The molecule has 1 aromatic heterocycles. The van der Waals surface area contributed by atoms with E-state index in [0.29, 0.717) is 17.5 Å². The molecule has 0 atom stereocenters. The fraction of sp³-hybridized carbons (Fsp3) is 0.727. The molecule has 1 aromatic rings. The standard InChI is InChI=1S/C11H19N3OS/c1-4-5-10-13-14-11(16-10)12-9(15)7-6-8(2)3/h8H,4-7H2,1-3H3,(H,12,14,15). The van der Waals surface area contributed by atoms with Crippen LogP contribution in [0.5, 0.6) is 0 Å². The Kier molecular flexibility index (Phi) is 5.38. The number of anilines is 1. The molecule has 0 aromatic carbocycles. The average molecular weight is 241 g/mol. The van der Waals surface area contributed by atoms with Crippen molar-refractivity contribution < 1.29 is 4.79 Å². The molecule has 1 heterocycles. The van der Waals surface area contributed by atoms with Gasteiger partial charge in [-0.05, 0) is 18.8 Å². The Morgan fingerprint density at radius 1 is 1.44 bits per heavy atom. The Labute approximate surface area is 100 Å². The minimum atomic E-state index is 0.0351. The molecule has 0 aliphatic heterocycles. The quantitative estimate of drug-likeness (QED) is 0.833. The van der Waals surface area contributed by atoms with Crippen molar-refractivity contribution in [3.8, 4) is 0 Å².